The normalized spacial score (nSPS) is 19.9. The minimum atomic E-state index is 0.202. The van der Waals surface area contributed by atoms with E-state index in [1.165, 1.54) is 54.4 Å². The lowest BCUT2D eigenvalue weighted by atomic mass is 9.63. The number of hydrogen-bond donors (Lipinski definition) is 0. The minimum Gasteiger partial charge on any atom is -0.208 e. The molecule has 2 aliphatic carbocycles. The molecule has 0 radical (unpaired) electrons. The van der Waals surface area contributed by atoms with Gasteiger partial charge < -0.3 is 0 Å². The Hall–Kier alpha value is -5.40. The molecule has 2 aliphatic rings. The molecule has 4 nitrogen and oxygen atoms in total. The molecule has 234 valence electrons. The summed E-state index contributed by atoms with van der Waals surface area (Å²) in [5, 5.41) is 9.42. The summed E-state index contributed by atoms with van der Waals surface area (Å²) in [7, 11) is 0. The summed E-state index contributed by atoms with van der Waals surface area (Å²) in [6.45, 7) is 2.38. The number of aromatic nitrogens is 3. The second-order valence-corrected chi connectivity index (χ2v) is 13.7. The lowest BCUT2D eigenvalue weighted by molar-refractivity contribution is 0.207. The SMILES string of the molecule is CCC1(c2cc(-c3ccc(C#N)cc3)cc(-c3ccc(-c4nc(-c5ccccc5)nc(-c5ccccc5)n4)cc3)c2)C[C@@H]2CC[C@@H](C2)C1. The molecule has 1 unspecified atom stereocenters. The van der Waals surface area contributed by atoms with Gasteiger partial charge in [0.05, 0.1) is 11.6 Å². The lowest BCUT2D eigenvalue weighted by Crippen LogP contribution is -2.33. The second kappa shape index (κ2) is 12.7. The van der Waals surface area contributed by atoms with E-state index in [1.807, 2.05) is 72.8 Å². The number of nitriles is 1. The van der Waals surface area contributed by atoms with Crippen LogP contribution in [0.5, 0.6) is 0 Å². The van der Waals surface area contributed by atoms with Crippen molar-refractivity contribution in [1.82, 2.24) is 15.0 Å². The van der Waals surface area contributed by atoms with Gasteiger partial charge in [0.25, 0.3) is 0 Å². The predicted octanol–water partition coefficient (Wildman–Crippen LogP) is 10.9. The molecule has 0 N–H and O–H groups in total. The van der Waals surface area contributed by atoms with E-state index in [9.17, 15) is 5.26 Å². The lowest BCUT2D eigenvalue weighted by Gasteiger charge is -2.41. The molecule has 0 amide bonds. The van der Waals surface area contributed by atoms with E-state index in [2.05, 4.69) is 67.6 Å². The van der Waals surface area contributed by atoms with Gasteiger partial charge in [-0.25, -0.2) is 15.0 Å². The molecule has 0 aliphatic heterocycles. The third-order valence-electron chi connectivity index (χ3n) is 10.8. The van der Waals surface area contributed by atoms with Gasteiger partial charge >= 0.3 is 0 Å². The Labute approximate surface area is 283 Å². The van der Waals surface area contributed by atoms with Crippen LogP contribution in [0, 0.1) is 23.2 Å². The van der Waals surface area contributed by atoms with Gasteiger partial charge in [0, 0.05) is 16.7 Å². The molecule has 48 heavy (non-hydrogen) atoms. The van der Waals surface area contributed by atoms with Crippen molar-refractivity contribution in [2.75, 3.05) is 0 Å². The predicted molar refractivity (Wildman–Crippen MR) is 194 cm³/mol. The quantitative estimate of drug-likeness (QED) is 0.178. The molecule has 0 saturated heterocycles. The van der Waals surface area contributed by atoms with Crippen molar-refractivity contribution in [2.24, 2.45) is 11.8 Å². The largest absolute Gasteiger partial charge is 0.208 e. The van der Waals surface area contributed by atoms with Crippen molar-refractivity contribution < 1.29 is 0 Å². The van der Waals surface area contributed by atoms with Gasteiger partial charge in [0.15, 0.2) is 17.5 Å². The number of rotatable bonds is 7. The summed E-state index contributed by atoms with van der Waals surface area (Å²) in [4.78, 5) is 14.7. The molecule has 3 atom stereocenters. The third kappa shape index (κ3) is 5.82. The number of hydrogen-bond acceptors (Lipinski definition) is 4. The number of nitrogens with zero attached hydrogens (tertiary/aromatic N) is 4. The highest BCUT2D eigenvalue weighted by Crippen LogP contribution is 2.54. The molecular formula is C44H38N4. The Bertz CT molecular complexity index is 2030. The van der Waals surface area contributed by atoms with Crippen LogP contribution < -0.4 is 0 Å². The van der Waals surface area contributed by atoms with Crippen molar-refractivity contribution in [2.45, 2.75) is 50.9 Å². The Morgan fingerprint density at radius 3 is 1.46 bits per heavy atom. The second-order valence-electron chi connectivity index (χ2n) is 13.7. The average Bonchev–Trinajstić information content (AvgIpc) is 3.52. The van der Waals surface area contributed by atoms with Gasteiger partial charge in [-0.05, 0) is 89.0 Å². The first-order chi connectivity index (χ1) is 23.6. The fraction of sp³-hybridized carbons (Fsp3) is 0.227. The molecule has 1 heterocycles. The van der Waals surface area contributed by atoms with E-state index < -0.39 is 0 Å². The Balaban J connectivity index is 1.21. The van der Waals surface area contributed by atoms with Gasteiger partial charge in [-0.1, -0.05) is 129 Å². The van der Waals surface area contributed by atoms with E-state index in [-0.39, 0.29) is 5.41 Å². The Morgan fingerprint density at radius 1 is 0.562 bits per heavy atom. The topological polar surface area (TPSA) is 62.5 Å². The Kier molecular flexibility index (Phi) is 7.90. The summed E-state index contributed by atoms with van der Waals surface area (Å²) in [6.07, 6.45) is 7.88. The van der Waals surface area contributed by atoms with Gasteiger partial charge in [-0.3, -0.25) is 0 Å². The van der Waals surface area contributed by atoms with Gasteiger partial charge in [-0.15, -0.1) is 0 Å². The van der Waals surface area contributed by atoms with Crippen LogP contribution in [0.1, 0.15) is 56.6 Å². The molecule has 2 fully saturated rings. The molecule has 5 aromatic carbocycles. The van der Waals surface area contributed by atoms with Crippen LogP contribution in [0.2, 0.25) is 0 Å². The van der Waals surface area contributed by atoms with Crippen molar-refractivity contribution >= 4 is 0 Å². The van der Waals surface area contributed by atoms with Crippen LogP contribution in [-0.2, 0) is 5.41 Å². The van der Waals surface area contributed by atoms with Crippen LogP contribution in [0.15, 0.2) is 127 Å². The maximum absolute atomic E-state index is 9.42. The fourth-order valence-corrected chi connectivity index (χ4v) is 8.22. The van der Waals surface area contributed by atoms with Crippen molar-refractivity contribution in [3.63, 3.8) is 0 Å². The van der Waals surface area contributed by atoms with Gasteiger partial charge in [-0.2, -0.15) is 5.26 Å². The first-order valence-electron chi connectivity index (χ1n) is 17.2. The van der Waals surface area contributed by atoms with E-state index >= 15 is 0 Å². The van der Waals surface area contributed by atoms with E-state index in [1.54, 1.807) is 0 Å². The standard InChI is InChI=1S/C44H38N4/c1-2-44(27-31-13-14-32(23-31)28-44)40-25-38(33-17-15-30(29-45)16-18-33)24-39(26-40)34-19-21-37(22-20-34)43-47-41(35-9-5-3-6-10-35)46-42(48-43)36-11-7-4-8-12-36/h3-12,15-22,24-26,31-32H,2,13-14,23,27-28H2,1H3/t31-,32+,44?. The van der Waals surface area contributed by atoms with Gasteiger partial charge in [0.2, 0.25) is 0 Å². The summed E-state index contributed by atoms with van der Waals surface area (Å²) in [5.41, 5.74) is 9.96. The molecule has 1 aromatic heterocycles. The smallest absolute Gasteiger partial charge is 0.164 e. The number of fused-ring (bicyclic) bond motifs is 2. The highest BCUT2D eigenvalue weighted by Gasteiger charge is 2.44. The van der Waals surface area contributed by atoms with Crippen molar-refractivity contribution in [3.05, 3.63) is 139 Å². The average molecular weight is 623 g/mol. The maximum atomic E-state index is 9.42. The summed E-state index contributed by atoms with van der Waals surface area (Å²) in [5.74, 6) is 3.66. The summed E-state index contributed by atoms with van der Waals surface area (Å²) in [6, 6.07) is 46.4. The molecule has 8 rings (SSSR count). The monoisotopic (exact) mass is 622 g/mol. The molecule has 4 heteroatoms. The number of benzene rings is 5. The molecule has 0 spiro atoms. The van der Waals surface area contributed by atoms with Gasteiger partial charge in [0.1, 0.15) is 0 Å². The molecule has 6 aromatic rings. The summed E-state index contributed by atoms with van der Waals surface area (Å²) >= 11 is 0. The Morgan fingerprint density at radius 2 is 1.00 bits per heavy atom. The zero-order valence-corrected chi connectivity index (χ0v) is 27.3. The van der Waals surface area contributed by atoms with Crippen LogP contribution in [-0.4, -0.2) is 15.0 Å². The third-order valence-corrected chi connectivity index (χ3v) is 10.8. The van der Waals surface area contributed by atoms with Crippen molar-refractivity contribution in [1.29, 1.82) is 5.26 Å². The van der Waals surface area contributed by atoms with E-state index in [0.29, 0.717) is 23.0 Å². The zero-order chi connectivity index (χ0) is 32.5. The fourth-order valence-electron chi connectivity index (χ4n) is 8.22. The molecule has 2 saturated carbocycles. The zero-order valence-electron chi connectivity index (χ0n) is 27.3. The highest BCUT2D eigenvalue weighted by atomic mass is 15.0. The van der Waals surface area contributed by atoms with E-state index in [4.69, 9.17) is 15.0 Å². The highest BCUT2D eigenvalue weighted by molar-refractivity contribution is 5.77. The first-order valence-corrected chi connectivity index (χ1v) is 17.2. The van der Waals surface area contributed by atoms with Crippen LogP contribution in [0.3, 0.4) is 0 Å². The molecule has 2 bridgehead atoms. The van der Waals surface area contributed by atoms with Crippen LogP contribution in [0.4, 0.5) is 0 Å². The minimum absolute atomic E-state index is 0.202. The maximum Gasteiger partial charge on any atom is 0.164 e. The molecular weight excluding hydrogens is 585 g/mol. The van der Waals surface area contributed by atoms with E-state index in [0.717, 1.165) is 40.5 Å². The first kappa shape index (κ1) is 30.0. The summed E-state index contributed by atoms with van der Waals surface area (Å²) < 4.78 is 0. The van der Waals surface area contributed by atoms with Crippen LogP contribution >= 0.6 is 0 Å². The van der Waals surface area contributed by atoms with Crippen LogP contribution in [0.25, 0.3) is 56.4 Å². The van der Waals surface area contributed by atoms with Crippen molar-refractivity contribution in [3.8, 4) is 62.5 Å².